The van der Waals surface area contributed by atoms with E-state index in [1.807, 2.05) is 54.6 Å². The van der Waals surface area contributed by atoms with Crippen LogP contribution in [0.3, 0.4) is 0 Å². The maximum Gasteiger partial charge on any atom is 0.328 e. The molecule has 0 aromatic heterocycles. The molecule has 1 aliphatic rings. The molecule has 24 heavy (non-hydrogen) atoms. The Balaban J connectivity index is 1.81. The number of nitrogens with zero attached hydrogens (tertiary/aromatic N) is 1. The van der Waals surface area contributed by atoms with E-state index in [2.05, 4.69) is 5.32 Å². The molecule has 0 aliphatic carbocycles. The minimum Gasteiger partial charge on any atom is -0.488 e. The van der Waals surface area contributed by atoms with Gasteiger partial charge in [0.15, 0.2) is 0 Å². The zero-order chi connectivity index (χ0) is 16.9. The topological polar surface area (TPSA) is 58.6 Å². The molecular formula is C19H18N2O3. The number of ether oxygens (including phenoxy) is 1. The van der Waals surface area contributed by atoms with Crippen molar-refractivity contribution in [3.05, 3.63) is 71.4 Å². The lowest BCUT2D eigenvalue weighted by atomic mass is 10.1. The average molecular weight is 322 g/mol. The maximum atomic E-state index is 12.2. The van der Waals surface area contributed by atoms with Gasteiger partial charge in [0.05, 0.1) is 0 Å². The molecule has 1 N–H and O–H groups in total. The quantitative estimate of drug-likeness (QED) is 0.679. The summed E-state index contributed by atoms with van der Waals surface area (Å²) in [5.41, 5.74) is 2.06. The number of imide groups is 1. The summed E-state index contributed by atoms with van der Waals surface area (Å²) < 4.78 is 5.87. The van der Waals surface area contributed by atoms with Crippen LogP contribution >= 0.6 is 0 Å². The Morgan fingerprint density at radius 3 is 2.46 bits per heavy atom. The van der Waals surface area contributed by atoms with Gasteiger partial charge in [-0.15, -0.1) is 0 Å². The zero-order valence-electron chi connectivity index (χ0n) is 13.4. The first-order chi connectivity index (χ1) is 11.7. The van der Waals surface area contributed by atoms with Gasteiger partial charge in [0, 0.05) is 12.1 Å². The summed E-state index contributed by atoms with van der Waals surface area (Å²) >= 11 is 0. The predicted octanol–water partition coefficient (Wildman–Crippen LogP) is 3.18. The molecule has 0 atom stereocenters. The Hall–Kier alpha value is -3.08. The van der Waals surface area contributed by atoms with Crippen molar-refractivity contribution in [2.75, 3.05) is 6.54 Å². The number of amides is 3. The summed E-state index contributed by atoms with van der Waals surface area (Å²) in [5.74, 6) is 0.339. The molecule has 0 saturated carbocycles. The first-order valence-electron chi connectivity index (χ1n) is 7.79. The highest BCUT2D eigenvalue weighted by Crippen LogP contribution is 2.23. The van der Waals surface area contributed by atoms with Crippen LogP contribution in [0.4, 0.5) is 4.79 Å². The largest absolute Gasteiger partial charge is 0.488 e. The molecule has 1 aliphatic heterocycles. The Labute approximate surface area is 140 Å². The van der Waals surface area contributed by atoms with Crippen LogP contribution in [-0.2, 0) is 11.4 Å². The second-order valence-electron chi connectivity index (χ2n) is 5.35. The van der Waals surface area contributed by atoms with E-state index in [-0.39, 0.29) is 11.6 Å². The minimum absolute atomic E-state index is 0.262. The van der Waals surface area contributed by atoms with Crippen LogP contribution in [0.25, 0.3) is 6.08 Å². The first-order valence-corrected chi connectivity index (χ1v) is 7.79. The van der Waals surface area contributed by atoms with E-state index in [1.165, 1.54) is 4.90 Å². The van der Waals surface area contributed by atoms with Crippen molar-refractivity contribution in [1.29, 1.82) is 0 Å². The third-order valence-corrected chi connectivity index (χ3v) is 3.73. The minimum atomic E-state index is -0.392. The molecular weight excluding hydrogens is 304 g/mol. The van der Waals surface area contributed by atoms with Crippen molar-refractivity contribution in [3.8, 4) is 5.75 Å². The molecule has 0 bridgehead atoms. The molecule has 5 nitrogen and oxygen atoms in total. The summed E-state index contributed by atoms with van der Waals surface area (Å²) in [6, 6.07) is 16.9. The smallest absolute Gasteiger partial charge is 0.328 e. The monoisotopic (exact) mass is 322 g/mol. The second kappa shape index (κ2) is 7.00. The average Bonchev–Trinajstić information content (AvgIpc) is 2.88. The summed E-state index contributed by atoms with van der Waals surface area (Å²) in [5, 5.41) is 2.60. The molecule has 122 valence electrons. The molecule has 2 aromatic carbocycles. The van der Waals surface area contributed by atoms with E-state index in [0.29, 0.717) is 18.9 Å². The molecule has 1 saturated heterocycles. The maximum absolute atomic E-state index is 12.2. The van der Waals surface area contributed by atoms with Gasteiger partial charge in [-0.1, -0.05) is 48.5 Å². The first kappa shape index (κ1) is 15.8. The third kappa shape index (κ3) is 3.30. The lowest BCUT2D eigenvalue weighted by Crippen LogP contribution is -2.30. The summed E-state index contributed by atoms with van der Waals surface area (Å²) in [6.45, 7) is 2.54. The number of nitrogens with one attached hydrogen (secondary N) is 1. The number of hydrogen-bond acceptors (Lipinski definition) is 3. The van der Waals surface area contributed by atoms with Gasteiger partial charge >= 0.3 is 6.03 Å². The lowest BCUT2D eigenvalue weighted by molar-refractivity contribution is -0.122. The highest BCUT2D eigenvalue weighted by molar-refractivity contribution is 6.14. The molecule has 1 heterocycles. The van der Waals surface area contributed by atoms with Gasteiger partial charge in [-0.05, 0) is 24.6 Å². The number of urea groups is 1. The number of likely N-dealkylation sites (N-methyl/N-ethyl adjacent to an activating group) is 1. The number of carbonyl (C=O) groups excluding carboxylic acids is 2. The van der Waals surface area contributed by atoms with E-state index in [0.717, 1.165) is 11.1 Å². The Morgan fingerprint density at radius 1 is 1.04 bits per heavy atom. The molecule has 1 fully saturated rings. The standard InChI is InChI=1S/C19H18N2O3/c1-2-21-18(22)16(20-19(21)23)12-15-10-6-7-11-17(15)24-13-14-8-4-3-5-9-14/h3-12H,2,13H2,1H3,(H,20,23). The molecule has 0 unspecified atom stereocenters. The van der Waals surface area contributed by atoms with E-state index < -0.39 is 6.03 Å². The fourth-order valence-corrected chi connectivity index (χ4v) is 2.48. The molecule has 3 rings (SSSR count). The summed E-state index contributed by atoms with van der Waals surface area (Å²) in [4.78, 5) is 25.1. The molecule has 0 radical (unpaired) electrons. The fraction of sp³-hybridized carbons (Fsp3) is 0.158. The van der Waals surface area contributed by atoms with Gasteiger partial charge in [-0.25, -0.2) is 4.79 Å². The third-order valence-electron chi connectivity index (χ3n) is 3.73. The Morgan fingerprint density at radius 2 is 1.75 bits per heavy atom. The van der Waals surface area contributed by atoms with E-state index >= 15 is 0 Å². The van der Waals surface area contributed by atoms with Crippen molar-refractivity contribution >= 4 is 18.0 Å². The van der Waals surface area contributed by atoms with Crippen LogP contribution < -0.4 is 10.1 Å². The number of hydrogen-bond donors (Lipinski definition) is 1. The van der Waals surface area contributed by atoms with Gasteiger partial charge in [0.1, 0.15) is 18.1 Å². The highest BCUT2D eigenvalue weighted by Gasteiger charge is 2.32. The van der Waals surface area contributed by atoms with Crippen molar-refractivity contribution in [3.63, 3.8) is 0 Å². The highest BCUT2D eigenvalue weighted by atomic mass is 16.5. The number of rotatable bonds is 5. The molecule has 2 aromatic rings. The van der Waals surface area contributed by atoms with Crippen molar-refractivity contribution < 1.29 is 14.3 Å². The van der Waals surface area contributed by atoms with Crippen LogP contribution in [0.2, 0.25) is 0 Å². The van der Waals surface area contributed by atoms with E-state index in [1.54, 1.807) is 13.0 Å². The van der Waals surface area contributed by atoms with Gasteiger partial charge in [0.2, 0.25) is 0 Å². The molecule has 3 amide bonds. The Kier molecular flexibility index (Phi) is 4.61. The van der Waals surface area contributed by atoms with Crippen LogP contribution in [0.15, 0.2) is 60.3 Å². The van der Waals surface area contributed by atoms with Crippen LogP contribution in [-0.4, -0.2) is 23.4 Å². The van der Waals surface area contributed by atoms with Gasteiger partial charge < -0.3 is 10.1 Å². The second-order valence-corrected chi connectivity index (χ2v) is 5.35. The van der Waals surface area contributed by atoms with Crippen LogP contribution in [0.1, 0.15) is 18.1 Å². The predicted molar refractivity (Wildman–Crippen MR) is 91.1 cm³/mol. The van der Waals surface area contributed by atoms with Gasteiger partial charge in [-0.2, -0.15) is 0 Å². The van der Waals surface area contributed by atoms with Crippen LogP contribution in [0.5, 0.6) is 5.75 Å². The normalized spacial score (nSPS) is 15.7. The van der Waals surface area contributed by atoms with E-state index in [9.17, 15) is 9.59 Å². The molecule has 5 heteroatoms. The SMILES string of the molecule is CCN1C(=O)NC(=Cc2ccccc2OCc2ccccc2)C1=O. The fourth-order valence-electron chi connectivity index (χ4n) is 2.48. The van der Waals surface area contributed by atoms with Gasteiger partial charge in [0.25, 0.3) is 5.91 Å². The van der Waals surface area contributed by atoms with Crippen LogP contribution in [0, 0.1) is 0 Å². The van der Waals surface area contributed by atoms with Crippen molar-refractivity contribution in [1.82, 2.24) is 10.2 Å². The number of benzene rings is 2. The van der Waals surface area contributed by atoms with E-state index in [4.69, 9.17) is 4.74 Å². The zero-order valence-corrected chi connectivity index (χ0v) is 13.4. The van der Waals surface area contributed by atoms with Crippen molar-refractivity contribution in [2.45, 2.75) is 13.5 Å². The number of para-hydroxylation sites is 1. The number of carbonyl (C=O) groups is 2. The lowest BCUT2D eigenvalue weighted by Gasteiger charge is -2.10. The Bertz CT molecular complexity index is 784. The summed E-state index contributed by atoms with van der Waals surface area (Å²) in [7, 11) is 0. The van der Waals surface area contributed by atoms with Crippen molar-refractivity contribution in [2.24, 2.45) is 0 Å². The summed E-state index contributed by atoms with van der Waals surface area (Å²) in [6.07, 6.45) is 1.65. The van der Waals surface area contributed by atoms with Gasteiger partial charge in [-0.3, -0.25) is 9.69 Å². The molecule has 0 spiro atoms.